The van der Waals surface area contributed by atoms with E-state index < -0.39 is 10.1 Å². The van der Waals surface area contributed by atoms with Crippen LogP contribution in [-0.2, 0) is 58.8 Å². The van der Waals surface area contributed by atoms with Crippen LogP contribution in [0.1, 0.15) is 11.1 Å². The van der Waals surface area contributed by atoms with E-state index in [0.717, 1.165) is 11.1 Å². The lowest BCUT2D eigenvalue weighted by atomic mass is 10.2. The van der Waals surface area contributed by atoms with Crippen molar-refractivity contribution in [2.75, 3.05) is 106 Å². The summed E-state index contributed by atoms with van der Waals surface area (Å²) in [7, 11) is -3.77. The molecule has 0 bridgehead atoms. The molecule has 0 unspecified atom stereocenters. The average Bonchev–Trinajstić information content (AvgIpc) is 2.99. The van der Waals surface area contributed by atoms with Gasteiger partial charge in [-0.2, -0.15) is 8.42 Å². The van der Waals surface area contributed by atoms with E-state index in [4.69, 9.17) is 42.1 Å². The molecule has 0 N–H and O–H groups in total. The Morgan fingerprint density at radius 1 is 0.452 bits per heavy atom. The summed E-state index contributed by atoms with van der Waals surface area (Å²) >= 11 is 0. The molecule has 0 aliphatic rings. The van der Waals surface area contributed by atoms with Crippen LogP contribution in [0, 0.1) is 6.92 Å². The Kier molecular flexibility index (Phi) is 21.1. The highest BCUT2D eigenvalue weighted by Gasteiger charge is 2.14. The average molecular weight is 615 g/mol. The quantitative estimate of drug-likeness (QED) is 0.104. The zero-order chi connectivity index (χ0) is 30.0. The van der Waals surface area contributed by atoms with E-state index >= 15 is 0 Å². The van der Waals surface area contributed by atoms with Crippen LogP contribution in [0.4, 0.5) is 0 Å². The molecule has 42 heavy (non-hydrogen) atoms. The minimum atomic E-state index is -3.77. The van der Waals surface area contributed by atoms with Crippen molar-refractivity contribution in [2.24, 2.45) is 0 Å². The molecule has 0 fully saturated rings. The second-order valence-corrected chi connectivity index (χ2v) is 10.5. The number of hydrogen-bond donors (Lipinski definition) is 0. The van der Waals surface area contributed by atoms with Crippen molar-refractivity contribution in [3.63, 3.8) is 0 Å². The Morgan fingerprint density at radius 2 is 0.810 bits per heavy atom. The Labute approximate surface area is 250 Å². The monoisotopic (exact) mass is 614 g/mol. The van der Waals surface area contributed by atoms with Gasteiger partial charge in [-0.15, -0.1) is 0 Å². The third kappa shape index (κ3) is 19.3. The summed E-state index contributed by atoms with van der Waals surface area (Å²) in [5.41, 5.74) is 2.13. The Hall–Kier alpha value is -1.97. The van der Waals surface area contributed by atoms with E-state index in [2.05, 4.69) is 0 Å². The molecular formula is C30H46O11S. The predicted molar refractivity (Wildman–Crippen MR) is 156 cm³/mol. The lowest BCUT2D eigenvalue weighted by Gasteiger charge is -2.09. The van der Waals surface area contributed by atoms with Gasteiger partial charge in [-0.25, -0.2) is 0 Å². The smallest absolute Gasteiger partial charge is 0.297 e. The van der Waals surface area contributed by atoms with Gasteiger partial charge < -0.3 is 37.9 Å². The zero-order valence-electron chi connectivity index (χ0n) is 24.6. The molecule has 0 aromatic heterocycles. The summed E-state index contributed by atoms with van der Waals surface area (Å²) in [5.74, 6) is 0. The van der Waals surface area contributed by atoms with Gasteiger partial charge in [0, 0.05) is 0 Å². The molecule has 12 heteroatoms. The zero-order valence-corrected chi connectivity index (χ0v) is 25.4. The third-order valence-corrected chi connectivity index (χ3v) is 6.82. The van der Waals surface area contributed by atoms with Crippen LogP contribution >= 0.6 is 0 Å². The van der Waals surface area contributed by atoms with Crippen molar-refractivity contribution in [1.29, 1.82) is 0 Å². The summed E-state index contributed by atoms with van der Waals surface area (Å²) in [6, 6.07) is 16.5. The molecule has 0 saturated carbocycles. The summed E-state index contributed by atoms with van der Waals surface area (Å²) in [6.07, 6.45) is 0. The first-order valence-corrected chi connectivity index (χ1v) is 15.6. The van der Waals surface area contributed by atoms with Gasteiger partial charge in [-0.05, 0) is 24.6 Å². The first-order chi connectivity index (χ1) is 20.6. The fourth-order valence-electron chi connectivity index (χ4n) is 3.28. The van der Waals surface area contributed by atoms with Crippen LogP contribution in [0.5, 0.6) is 0 Å². The first-order valence-electron chi connectivity index (χ1n) is 14.2. The Balaban J connectivity index is 1.21. The topological polar surface area (TPSA) is 117 Å². The molecule has 0 heterocycles. The van der Waals surface area contributed by atoms with E-state index in [1.165, 1.54) is 12.1 Å². The molecule has 2 aromatic carbocycles. The van der Waals surface area contributed by atoms with Gasteiger partial charge in [0.1, 0.15) is 0 Å². The lowest BCUT2D eigenvalue weighted by Crippen LogP contribution is -2.15. The predicted octanol–water partition coefficient (Wildman–Crippen LogP) is 3.03. The van der Waals surface area contributed by atoms with Gasteiger partial charge in [0.15, 0.2) is 0 Å². The van der Waals surface area contributed by atoms with Crippen LogP contribution < -0.4 is 0 Å². The molecule has 2 rings (SSSR count). The molecule has 0 amide bonds. The minimum absolute atomic E-state index is 0.0550. The van der Waals surface area contributed by atoms with Crippen LogP contribution in [0.2, 0.25) is 0 Å². The van der Waals surface area contributed by atoms with E-state index in [-0.39, 0.29) is 18.1 Å². The molecule has 0 aliphatic heterocycles. The van der Waals surface area contributed by atoms with E-state index in [1.807, 2.05) is 37.3 Å². The molecule has 0 radical (unpaired) electrons. The van der Waals surface area contributed by atoms with Crippen molar-refractivity contribution >= 4 is 10.1 Å². The summed E-state index contributed by atoms with van der Waals surface area (Å²) < 4.78 is 72.7. The standard InChI is InChI=1S/C30H46O11S/c1-28-7-9-30(10-8-28)42(31,32)41-26-25-39-22-21-37-18-17-35-14-13-33-11-12-34-15-16-36-19-20-38-23-24-40-27-29-5-3-2-4-6-29/h2-10H,11-27H2,1H3. The summed E-state index contributed by atoms with van der Waals surface area (Å²) in [4.78, 5) is 0.131. The molecule has 2 aromatic rings. The molecule has 0 spiro atoms. The van der Waals surface area contributed by atoms with Gasteiger partial charge >= 0.3 is 0 Å². The molecule has 0 aliphatic carbocycles. The Morgan fingerprint density at radius 3 is 1.21 bits per heavy atom. The van der Waals surface area contributed by atoms with Crippen LogP contribution in [0.3, 0.4) is 0 Å². The normalized spacial score (nSPS) is 11.7. The summed E-state index contributed by atoms with van der Waals surface area (Å²) in [6.45, 7) is 9.22. The molecule has 0 saturated heterocycles. The molecule has 11 nitrogen and oxygen atoms in total. The van der Waals surface area contributed by atoms with Crippen LogP contribution in [0.15, 0.2) is 59.5 Å². The third-order valence-electron chi connectivity index (χ3n) is 5.49. The number of rotatable bonds is 28. The number of hydrogen-bond acceptors (Lipinski definition) is 11. The highest BCUT2D eigenvalue weighted by atomic mass is 32.2. The fraction of sp³-hybridized carbons (Fsp3) is 0.600. The van der Waals surface area contributed by atoms with E-state index in [9.17, 15) is 8.42 Å². The van der Waals surface area contributed by atoms with E-state index in [1.54, 1.807) is 12.1 Å². The van der Waals surface area contributed by atoms with Crippen molar-refractivity contribution in [1.82, 2.24) is 0 Å². The van der Waals surface area contributed by atoms with E-state index in [0.29, 0.717) is 99.1 Å². The first kappa shape index (κ1) is 36.2. The second-order valence-electron chi connectivity index (χ2n) is 8.91. The highest BCUT2D eigenvalue weighted by Crippen LogP contribution is 2.12. The number of benzene rings is 2. The maximum atomic E-state index is 12.1. The molecule has 238 valence electrons. The summed E-state index contributed by atoms with van der Waals surface area (Å²) in [5, 5.41) is 0. The van der Waals surface area contributed by atoms with Crippen LogP contribution in [0.25, 0.3) is 0 Å². The van der Waals surface area contributed by atoms with Crippen molar-refractivity contribution in [3.8, 4) is 0 Å². The minimum Gasteiger partial charge on any atom is -0.377 e. The Bertz CT molecular complexity index is 988. The van der Waals surface area contributed by atoms with Crippen molar-refractivity contribution in [2.45, 2.75) is 18.4 Å². The SMILES string of the molecule is Cc1ccc(S(=O)(=O)OCCOCCOCCOCCOCCOCCOCCOCCOCc2ccccc2)cc1. The largest absolute Gasteiger partial charge is 0.377 e. The van der Waals surface area contributed by atoms with Gasteiger partial charge in [-0.1, -0.05) is 48.0 Å². The van der Waals surface area contributed by atoms with Gasteiger partial charge in [0.2, 0.25) is 0 Å². The fourth-order valence-corrected chi connectivity index (χ4v) is 4.17. The van der Waals surface area contributed by atoms with Crippen molar-refractivity contribution in [3.05, 3.63) is 65.7 Å². The number of aryl methyl sites for hydroxylation is 1. The molecular weight excluding hydrogens is 568 g/mol. The number of ether oxygens (including phenoxy) is 8. The van der Waals surface area contributed by atoms with Gasteiger partial charge in [0.05, 0.1) is 117 Å². The van der Waals surface area contributed by atoms with Crippen molar-refractivity contribution < 1.29 is 50.5 Å². The highest BCUT2D eigenvalue weighted by molar-refractivity contribution is 7.86. The lowest BCUT2D eigenvalue weighted by molar-refractivity contribution is -0.0240. The van der Waals surface area contributed by atoms with Gasteiger partial charge in [0.25, 0.3) is 10.1 Å². The maximum Gasteiger partial charge on any atom is 0.297 e. The van der Waals surface area contributed by atoms with Gasteiger partial charge in [-0.3, -0.25) is 4.18 Å². The van der Waals surface area contributed by atoms with Crippen LogP contribution in [-0.4, -0.2) is 114 Å². The second kappa shape index (κ2) is 24.5. The maximum absolute atomic E-state index is 12.1. The molecule has 0 atom stereocenters.